The van der Waals surface area contributed by atoms with E-state index in [2.05, 4.69) is 21.2 Å². The summed E-state index contributed by atoms with van der Waals surface area (Å²) in [6.07, 6.45) is 2.31. The van der Waals surface area contributed by atoms with Gasteiger partial charge in [0.1, 0.15) is 5.82 Å². The van der Waals surface area contributed by atoms with Crippen LogP contribution in [0.3, 0.4) is 0 Å². The van der Waals surface area contributed by atoms with Crippen LogP contribution in [0.4, 0.5) is 4.39 Å². The molecule has 114 valence electrons. The highest BCUT2D eigenvalue weighted by Crippen LogP contribution is 2.16. The summed E-state index contributed by atoms with van der Waals surface area (Å²) in [5.41, 5.74) is 0.254. The van der Waals surface area contributed by atoms with Gasteiger partial charge in [-0.2, -0.15) is 0 Å². The van der Waals surface area contributed by atoms with Crippen LogP contribution in [-0.4, -0.2) is 24.5 Å². The highest BCUT2D eigenvalue weighted by molar-refractivity contribution is 9.10. The number of nitrogens with one attached hydrogen (secondary N) is 1. The number of hydrogen-bond acceptors (Lipinski definition) is 3. The zero-order valence-electron chi connectivity index (χ0n) is 11.9. The van der Waals surface area contributed by atoms with E-state index in [-0.39, 0.29) is 11.5 Å². The van der Waals surface area contributed by atoms with Crippen LogP contribution in [0.2, 0.25) is 0 Å². The summed E-state index contributed by atoms with van der Waals surface area (Å²) in [5, 5.41) is 2.62. The fraction of sp³-hybridized carbons (Fsp3) is 0.333. The van der Waals surface area contributed by atoms with E-state index in [9.17, 15) is 14.0 Å². The van der Waals surface area contributed by atoms with Gasteiger partial charge in [0.25, 0.3) is 5.91 Å². The zero-order valence-corrected chi connectivity index (χ0v) is 13.4. The van der Waals surface area contributed by atoms with Gasteiger partial charge in [0, 0.05) is 22.7 Å². The number of halogens is 2. The lowest BCUT2D eigenvalue weighted by Gasteiger charge is -2.11. The van der Waals surface area contributed by atoms with E-state index in [0.717, 1.165) is 12.5 Å². The molecule has 0 spiro atoms. The maximum Gasteiger partial charge on any atom is 0.331 e. The lowest BCUT2D eigenvalue weighted by atomic mass is 10.2. The van der Waals surface area contributed by atoms with E-state index in [1.54, 1.807) is 6.07 Å². The molecule has 0 saturated heterocycles. The van der Waals surface area contributed by atoms with Gasteiger partial charge in [0.2, 0.25) is 0 Å². The molecule has 0 fully saturated rings. The molecular weight excluding hydrogens is 341 g/mol. The van der Waals surface area contributed by atoms with Crippen molar-refractivity contribution in [2.75, 3.05) is 6.54 Å². The topological polar surface area (TPSA) is 55.4 Å². The van der Waals surface area contributed by atoms with Gasteiger partial charge < -0.3 is 10.1 Å². The van der Waals surface area contributed by atoms with Gasteiger partial charge in [-0.1, -0.05) is 22.9 Å². The van der Waals surface area contributed by atoms with Crippen molar-refractivity contribution in [3.63, 3.8) is 0 Å². The van der Waals surface area contributed by atoms with Crippen LogP contribution in [0.1, 0.15) is 25.8 Å². The van der Waals surface area contributed by atoms with E-state index < -0.39 is 17.9 Å². The number of ether oxygens (including phenoxy) is 1. The number of amides is 1. The fourth-order valence-electron chi connectivity index (χ4n) is 1.46. The van der Waals surface area contributed by atoms with Crippen LogP contribution >= 0.6 is 15.9 Å². The molecule has 0 saturated carbocycles. The monoisotopic (exact) mass is 357 g/mol. The summed E-state index contributed by atoms with van der Waals surface area (Å²) in [6.45, 7) is 3.93. The largest absolute Gasteiger partial charge is 0.449 e. The van der Waals surface area contributed by atoms with E-state index in [4.69, 9.17) is 4.74 Å². The molecule has 21 heavy (non-hydrogen) atoms. The van der Waals surface area contributed by atoms with Gasteiger partial charge in [-0.05, 0) is 37.6 Å². The Morgan fingerprint density at radius 3 is 2.86 bits per heavy atom. The van der Waals surface area contributed by atoms with Crippen LogP contribution in [0, 0.1) is 5.82 Å². The summed E-state index contributed by atoms with van der Waals surface area (Å²) in [4.78, 5) is 23.1. The van der Waals surface area contributed by atoms with E-state index in [1.807, 2.05) is 6.92 Å². The maximum absolute atomic E-state index is 13.5. The molecule has 0 bridgehead atoms. The summed E-state index contributed by atoms with van der Waals surface area (Å²) in [5.74, 6) is -1.50. The summed E-state index contributed by atoms with van der Waals surface area (Å²) in [6, 6.07) is 4.39. The van der Waals surface area contributed by atoms with Crippen molar-refractivity contribution in [2.24, 2.45) is 0 Å². The number of carbonyl (C=O) groups excluding carboxylic acids is 2. The second kappa shape index (κ2) is 8.56. The van der Waals surface area contributed by atoms with Crippen LogP contribution in [0.5, 0.6) is 0 Å². The molecule has 0 radical (unpaired) electrons. The third kappa shape index (κ3) is 6.08. The first-order valence-corrected chi connectivity index (χ1v) is 7.34. The number of hydrogen-bond donors (Lipinski definition) is 1. The second-order valence-electron chi connectivity index (χ2n) is 4.37. The number of esters is 1. The summed E-state index contributed by atoms with van der Waals surface area (Å²) in [7, 11) is 0. The predicted octanol–water partition coefficient (Wildman–Crippen LogP) is 3.06. The third-order valence-corrected chi connectivity index (χ3v) is 3.06. The van der Waals surface area contributed by atoms with Gasteiger partial charge in [-0.3, -0.25) is 4.79 Å². The van der Waals surface area contributed by atoms with Crippen molar-refractivity contribution >= 4 is 33.9 Å². The first-order chi connectivity index (χ1) is 9.93. The number of benzene rings is 1. The molecule has 6 heteroatoms. The van der Waals surface area contributed by atoms with Crippen molar-refractivity contribution in [1.29, 1.82) is 0 Å². The maximum atomic E-state index is 13.5. The molecule has 1 aromatic rings. The summed E-state index contributed by atoms with van der Waals surface area (Å²) < 4.78 is 19.1. The first kappa shape index (κ1) is 17.4. The van der Waals surface area contributed by atoms with E-state index >= 15 is 0 Å². The Morgan fingerprint density at radius 1 is 1.48 bits per heavy atom. The summed E-state index contributed by atoms with van der Waals surface area (Å²) >= 11 is 3.22. The van der Waals surface area contributed by atoms with Crippen molar-refractivity contribution in [1.82, 2.24) is 5.32 Å². The van der Waals surface area contributed by atoms with Gasteiger partial charge in [-0.15, -0.1) is 0 Å². The molecule has 1 rings (SSSR count). The van der Waals surface area contributed by atoms with Crippen LogP contribution in [-0.2, 0) is 14.3 Å². The van der Waals surface area contributed by atoms with Crippen LogP contribution in [0.25, 0.3) is 6.08 Å². The van der Waals surface area contributed by atoms with Gasteiger partial charge >= 0.3 is 5.97 Å². The molecule has 0 aliphatic carbocycles. The van der Waals surface area contributed by atoms with Gasteiger partial charge in [0.15, 0.2) is 6.10 Å². The molecule has 1 N–H and O–H groups in total. The Hall–Kier alpha value is -1.69. The molecule has 0 aliphatic rings. The Labute approximate surface area is 131 Å². The van der Waals surface area contributed by atoms with Crippen molar-refractivity contribution in [2.45, 2.75) is 26.4 Å². The minimum absolute atomic E-state index is 0.254. The molecule has 0 aromatic heterocycles. The van der Waals surface area contributed by atoms with Crippen LogP contribution < -0.4 is 5.32 Å². The molecule has 1 amide bonds. The predicted molar refractivity (Wildman–Crippen MR) is 82.0 cm³/mol. The highest BCUT2D eigenvalue weighted by atomic mass is 79.9. The number of carbonyl (C=O) groups is 2. The van der Waals surface area contributed by atoms with E-state index in [1.165, 1.54) is 25.1 Å². The van der Waals surface area contributed by atoms with Crippen molar-refractivity contribution in [3.05, 3.63) is 40.1 Å². The molecule has 0 unspecified atom stereocenters. The van der Waals surface area contributed by atoms with Gasteiger partial charge in [0.05, 0.1) is 0 Å². The number of rotatable bonds is 6. The van der Waals surface area contributed by atoms with Crippen LogP contribution in [0.15, 0.2) is 28.7 Å². The Morgan fingerprint density at radius 2 is 2.19 bits per heavy atom. The lowest BCUT2D eigenvalue weighted by Crippen LogP contribution is -2.35. The Balaban J connectivity index is 2.58. The fourth-order valence-corrected chi connectivity index (χ4v) is 1.84. The first-order valence-electron chi connectivity index (χ1n) is 6.55. The second-order valence-corrected chi connectivity index (χ2v) is 5.28. The average Bonchev–Trinajstić information content (AvgIpc) is 2.45. The molecule has 1 atom stereocenters. The van der Waals surface area contributed by atoms with Gasteiger partial charge in [-0.25, -0.2) is 9.18 Å². The SMILES string of the molecule is CCCNC(=O)[C@H](C)OC(=O)/C=C/c1cc(Br)ccc1F. The zero-order chi connectivity index (χ0) is 15.8. The molecule has 0 heterocycles. The average molecular weight is 358 g/mol. The third-order valence-electron chi connectivity index (χ3n) is 2.57. The standard InChI is InChI=1S/C15H17BrFNO3/c1-3-8-18-15(20)10(2)21-14(19)7-4-11-9-12(16)5-6-13(11)17/h4-7,9-10H,3,8H2,1-2H3,(H,18,20)/b7-4+/t10-/m0/s1. The van der Waals surface area contributed by atoms with Crippen molar-refractivity contribution in [3.8, 4) is 0 Å². The Bertz CT molecular complexity index is 546. The Kier molecular flexibility index (Phi) is 7.08. The lowest BCUT2D eigenvalue weighted by molar-refractivity contribution is -0.150. The quantitative estimate of drug-likeness (QED) is 0.628. The normalized spacial score (nSPS) is 12.2. The van der Waals surface area contributed by atoms with E-state index in [0.29, 0.717) is 11.0 Å². The van der Waals surface area contributed by atoms with Crippen molar-refractivity contribution < 1.29 is 18.7 Å². The molecule has 1 aromatic carbocycles. The minimum Gasteiger partial charge on any atom is -0.449 e. The molecule has 4 nitrogen and oxygen atoms in total. The smallest absolute Gasteiger partial charge is 0.331 e. The molecule has 0 aliphatic heterocycles. The molecular formula is C15H17BrFNO3. The highest BCUT2D eigenvalue weighted by Gasteiger charge is 2.15. The minimum atomic E-state index is -0.888.